The molecule has 0 spiro atoms. The topological polar surface area (TPSA) is 85.3 Å². The molecule has 7 nitrogen and oxygen atoms in total. The standard InChI is InChI=1S/C20H22N4O3/c1-13-17(14(2)26-22-13)11-19(25)24-9-8-15(12-24)10-18-21-20(27-23-18)16-6-4-3-5-7-16/h3-7,15H,8-12H2,1-2H3. The first kappa shape index (κ1) is 17.5. The molecule has 0 bridgehead atoms. The molecule has 1 fully saturated rings. The Morgan fingerprint density at radius 3 is 2.74 bits per heavy atom. The van der Waals surface area contributed by atoms with E-state index < -0.39 is 0 Å². The van der Waals surface area contributed by atoms with E-state index in [4.69, 9.17) is 9.05 Å². The van der Waals surface area contributed by atoms with Crippen molar-refractivity contribution in [3.05, 3.63) is 53.2 Å². The van der Waals surface area contributed by atoms with Gasteiger partial charge in [0.1, 0.15) is 5.76 Å². The zero-order chi connectivity index (χ0) is 18.8. The number of amides is 1. The van der Waals surface area contributed by atoms with Crippen LogP contribution in [0.2, 0.25) is 0 Å². The SMILES string of the molecule is Cc1noc(C)c1CC(=O)N1CCC(Cc2noc(-c3ccccc3)n2)C1. The van der Waals surface area contributed by atoms with E-state index in [1.807, 2.05) is 49.1 Å². The number of aryl methyl sites for hydroxylation is 2. The molecular formula is C20H22N4O3. The molecular weight excluding hydrogens is 344 g/mol. The van der Waals surface area contributed by atoms with Gasteiger partial charge in [0, 0.05) is 30.6 Å². The van der Waals surface area contributed by atoms with Crippen LogP contribution in [0, 0.1) is 19.8 Å². The predicted molar refractivity (Wildman–Crippen MR) is 97.8 cm³/mol. The van der Waals surface area contributed by atoms with Crippen LogP contribution in [0.15, 0.2) is 39.4 Å². The van der Waals surface area contributed by atoms with Gasteiger partial charge in [0.2, 0.25) is 5.91 Å². The third-order valence-corrected chi connectivity index (χ3v) is 5.11. The molecule has 1 aliphatic rings. The Bertz CT molecular complexity index is 912. The van der Waals surface area contributed by atoms with Crippen molar-refractivity contribution in [2.45, 2.75) is 33.1 Å². The molecule has 4 rings (SSSR count). The predicted octanol–water partition coefficient (Wildman–Crippen LogP) is 2.98. The Morgan fingerprint density at radius 1 is 1.19 bits per heavy atom. The molecule has 27 heavy (non-hydrogen) atoms. The molecule has 1 aromatic carbocycles. The van der Waals surface area contributed by atoms with Crippen LogP contribution in [0.5, 0.6) is 0 Å². The first-order valence-corrected chi connectivity index (χ1v) is 9.17. The highest BCUT2D eigenvalue weighted by Gasteiger charge is 2.28. The molecule has 1 atom stereocenters. The van der Waals surface area contributed by atoms with Crippen LogP contribution in [0.3, 0.4) is 0 Å². The number of carbonyl (C=O) groups excluding carboxylic acids is 1. The summed E-state index contributed by atoms with van der Waals surface area (Å²) in [6, 6.07) is 9.73. The second-order valence-corrected chi connectivity index (χ2v) is 7.06. The summed E-state index contributed by atoms with van der Waals surface area (Å²) in [5, 5.41) is 8.02. The minimum absolute atomic E-state index is 0.116. The Hall–Kier alpha value is -2.96. The summed E-state index contributed by atoms with van der Waals surface area (Å²) >= 11 is 0. The molecule has 3 aromatic rings. The maximum atomic E-state index is 12.6. The van der Waals surface area contributed by atoms with E-state index in [-0.39, 0.29) is 5.91 Å². The van der Waals surface area contributed by atoms with Crippen LogP contribution in [0.4, 0.5) is 0 Å². The third kappa shape index (κ3) is 3.77. The van der Waals surface area contributed by atoms with E-state index in [0.29, 0.717) is 30.5 Å². The van der Waals surface area contributed by atoms with Crippen molar-refractivity contribution in [3.63, 3.8) is 0 Å². The molecule has 1 amide bonds. The van der Waals surface area contributed by atoms with Gasteiger partial charge in [-0.3, -0.25) is 4.79 Å². The molecule has 0 N–H and O–H groups in total. The van der Waals surface area contributed by atoms with Crippen molar-refractivity contribution in [2.24, 2.45) is 5.92 Å². The molecule has 140 valence electrons. The quantitative estimate of drug-likeness (QED) is 0.690. The zero-order valence-corrected chi connectivity index (χ0v) is 15.5. The van der Waals surface area contributed by atoms with Gasteiger partial charge in [-0.2, -0.15) is 4.98 Å². The Morgan fingerprint density at radius 2 is 2.00 bits per heavy atom. The second-order valence-electron chi connectivity index (χ2n) is 7.06. The smallest absolute Gasteiger partial charge is 0.257 e. The highest BCUT2D eigenvalue weighted by Crippen LogP contribution is 2.23. The summed E-state index contributed by atoms with van der Waals surface area (Å²) in [6.45, 7) is 5.19. The van der Waals surface area contributed by atoms with Gasteiger partial charge in [0.15, 0.2) is 5.82 Å². The Kier molecular flexibility index (Phi) is 4.75. The summed E-state index contributed by atoms with van der Waals surface area (Å²) < 4.78 is 10.5. The molecule has 3 heterocycles. The van der Waals surface area contributed by atoms with Gasteiger partial charge >= 0.3 is 0 Å². The van der Waals surface area contributed by atoms with E-state index in [1.54, 1.807) is 0 Å². The normalized spacial score (nSPS) is 16.8. The van der Waals surface area contributed by atoms with Crippen LogP contribution in [-0.4, -0.2) is 39.2 Å². The van der Waals surface area contributed by atoms with Crippen molar-refractivity contribution in [3.8, 4) is 11.5 Å². The van der Waals surface area contributed by atoms with E-state index in [0.717, 1.165) is 42.1 Å². The van der Waals surface area contributed by atoms with Crippen molar-refractivity contribution in [1.29, 1.82) is 0 Å². The Labute approximate surface area is 157 Å². The van der Waals surface area contributed by atoms with Crippen molar-refractivity contribution < 1.29 is 13.8 Å². The molecule has 1 aliphatic heterocycles. The second kappa shape index (κ2) is 7.34. The van der Waals surface area contributed by atoms with E-state index in [9.17, 15) is 4.79 Å². The first-order valence-electron chi connectivity index (χ1n) is 9.17. The van der Waals surface area contributed by atoms with E-state index in [2.05, 4.69) is 15.3 Å². The number of rotatable bonds is 5. The lowest BCUT2D eigenvalue weighted by Gasteiger charge is -2.16. The maximum Gasteiger partial charge on any atom is 0.257 e. The fourth-order valence-corrected chi connectivity index (χ4v) is 3.54. The van der Waals surface area contributed by atoms with Gasteiger partial charge in [0.25, 0.3) is 5.89 Å². The molecule has 2 aromatic heterocycles. The fraction of sp³-hybridized carbons (Fsp3) is 0.400. The highest BCUT2D eigenvalue weighted by molar-refractivity contribution is 5.79. The molecule has 0 radical (unpaired) electrons. The summed E-state index contributed by atoms with van der Waals surface area (Å²) in [7, 11) is 0. The number of hydrogen-bond donors (Lipinski definition) is 0. The summed E-state index contributed by atoms with van der Waals surface area (Å²) in [6.07, 6.45) is 2.00. The number of hydrogen-bond acceptors (Lipinski definition) is 6. The lowest BCUT2D eigenvalue weighted by Crippen LogP contribution is -2.30. The highest BCUT2D eigenvalue weighted by atomic mass is 16.5. The first-order chi connectivity index (χ1) is 13.1. The number of nitrogens with zero attached hydrogens (tertiary/aromatic N) is 4. The third-order valence-electron chi connectivity index (χ3n) is 5.11. The van der Waals surface area contributed by atoms with Gasteiger partial charge in [-0.05, 0) is 38.3 Å². The maximum absolute atomic E-state index is 12.6. The lowest BCUT2D eigenvalue weighted by atomic mass is 10.0. The fourth-order valence-electron chi connectivity index (χ4n) is 3.54. The van der Waals surface area contributed by atoms with Gasteiger partial charge < -0.3 is 13.9 Å². The van der Waals surface area contributed by atoms with Gasteiger partial charge in [-0.25, -0.2) is 0 Å². The van der Waals surface area contributed by atoms with Crippen molar-refractivity contribution in [2.75, 3.05) is 13.1 Å². The van der Waals surface area contributed by atoms with E-state index >= 15 is 0 Å². The minimum atomic E-state index is 0.116. The zero-order valence-electron chi connectivity index (χ0n) is 15.5. The van der Waals surface area contributed by atoms with Crippen molar-refractivity contribution in [1.82, 2.24) is 20.2 Å². The van der Waals surface area contributed by atoms with Gasteiger partial charge in [-0.15, -0.1) is 0 Å². The number of aromatic nitrogens is 3. The summed E-state index contributed by atoms with van der Waals surface area (Å²) in [4.78, 5) is 19.0. The van der Waals surface area contributed by atoms with Gasteiger partial charge in [-0.1, -0.05) is 28.5 Å². The molecule has 0 aliphatic carbocycles. The van der Waals surface area contributed by atoms with Crippen LogP contribution >= 0.6 is 0 Å². The molecule has 1 saturated heterocycles. The Balaban J connectivity index is 1.35. The average molecular weight is 366 g/mol. The molecule has 7 heteroatoms. The van der Waals surface area contributed by atoms with E-state index in [1.165, 1.54) is 0 Å². The molecule has 0 saturated carbocycles. The average Bonchev–Trinajstić information content (AvgIpc) is 3.40. The van der Waals surface area contributed by atoms with Crippen LogP contribution in [0.25, 0.3) is 11.5 Å². The number of benzene rings is 1. The largest absolute Gasteiger partial charge is 0.361 e. The monoisotopic (exact) mass is 366 g/mol. The molecule has 1 unspecified atom stereocenters. The number of carbonyl (C=O) groups is 1. The van der Waals surface area contributed by atoms with Crippen LogP contribution in [-0.2, 0) is 17.6 Å². The van der Waals surface area contributed by atoms with Crippen LogP contribution in [0.1, 0.15) is 29.3 Å². The minimum Gasteiger partial charge on any atom is -0.361 e. The van der Waals surface area contributed by atoms with Gasteiger partial charge in [0.05, 0.1) is 12.1 Å². The van der Waals surface area contributed by atoms with Crippen LogP contribution < -0.4 is 0 Å². The van der Waals surface area contributed by atoms with Crippen molar-refractivity contribution >= 4 is 5.91 Å². The number of likely N-dealkylation sites (tertiary alicyclic amines) is 1. The lowest BCUT2D eigenvalue weighted by molar-refractivity contribution is -0.129. The summed E-state index contributed by atoms with van der Waals surface area (Å²) in [5.41, 5.74) is 2.60. The summed E-state index contributed by atoms with van der Waals surface area (Å²) in [5.74, 6) is 2.41.